The number of nitrogens with zero attached hydrogens (tertiary/aromatic N) is 3. The minimum Gasteiger partial charge on any atom is -0.464 e. The molecule has 2 aliphatic heterocycles. The zero-order valence-electron chi connectivity index (χ0n) is 10.5. The lowest BCUT2D eigenvalue weighted by molar-refractivity contribution is -0.143. The van der Waals surface area contributed by atoms with Gasteiger partial charge in [-0.1, -0.05) is 6.42 Å². The van der Waals surface area contributed by atoms with Gasteiger partial charge in [0, 0.05) is 24.9 Å². The minimum absolute atomic E-state index is 0.0223. The summed E-state index contributed by atoms with van der Waals surface area (Å²) >= 11 is 0. The molecule has 5 heteroatoms. The first-order chi connectivity index (χ1) is 8.84. The number of cyclic esters (lactones) is 1. The Morgan fingerprint density at radius 2 is 2.33 bits per heavy atom. The molecule has 0 aromatic carbocycles. The largest absolute Gasteiger partial charge is 0.464 e. The van der Waals surface area contributed by atoms with Crippen LogP contribution < -0.4 is 0 Å². The highest BCUT2D eigenvalue weighted by atomic mass is 16.5. The lowest BCUT2D eigenvalue weighted by Gasteiger charge is -2.38. The zero-order valence-corrected chi connectivity index (χ0v) is 10.5. The van der Waals surface area contributed by atoms with Gasteiger partial charge < -0.3 is 4.74 Å². The summed E-state index contributed by atoms with van der Waals surface area (Å²) in [4.78, 5) is 14.1. The quantitative estimate of drug-likeness (QED) is 0.751. The van der Waals surface area contributed by atoms with Gasteiger partial charge in [0.25, 0.3) is 0 Å². The molecule has 1 aromatic rings. The molecular formula is C13H19N3O2. The Morgan fingerprint density at radius 3 is 3.06 bits per heavy atom. The minimum atomic E-state index is -0.0395. The highest BCUT2D eigenvalue weighted by molar-refractivity contribution is 5.77. The van der Waals surface area contributed by atoms with Crippen molar-refractivity contribution in [3.05, 3.63) is 18.5 Å². The molecule has 3 heterocycles. The van der Waals surface area contributed by atoms with Crippen molar-refractivity contribution in [2.24, 2.45) is 0 Å². The van der Waals surface area contributed by atoms with Crippen LogP contribution in [0.15, 0.2) is 18.5 Å². The first-order valence-corrected chi connectivity index (χ1v) is 6.74. The predicted octanol–water partition coefficient (Wildman–Crippen LogP) is 1.05. The molecule has 2 aliphatic rings. The molecule has 0 saturated carbocycles. The summed E-state index contributed by atoms with van der Waals surface area (Å²) in [6, 6.07) is 2.33. The van der Waals surface area contributed by atoms with E-state index in [2.05, 4.69) is 10.00 Å². The average Bonchev–Trinajstić information content (AvgIpc) is 3.02. The molecule has 0 radical (unpaired) electrons. The molecule has 18 heavy (non-hydrogen) atoms. The maximum atomic E-state index is 11.7. The summed E-state index contributed by atoms with van der Waals surface area (Å²) in [5.74, 6) is -0.0395. The van der Waals surface area contributed by atoms with Crippen LogP contribution in [0, 0.1) is 0 Å². The van der Waals surface area contributed by atoms with Crippen molar-refractivity contribution >= 4 is 5.97 Å². The van der Waals surface area contributed by atoms with Crippen LogP contribution in [0.5, 0.6) is 0 Å². The Kier molecular flexibility index (Phi) is 3.32. The van der Waals surface area contributed by atoms with Gasteiger partial charge in [-0.15, -0.1) is 0 Å². The molecular weight excluding hydrogens is 230 g/mol. The highest BCUT2D eigenvalue weighted by Crippen LogP contribution is 2.25. The van der Waals surface area contributed by atoms with Gasteiger partial charge in [-0.05, 0) is 25.5 Å². The number of ether oxygens (including phenoxy) is 1. The molecule has 0 aliphatic carbocycles. The third-order valence-corrected chi connectivity index (χ3v) is 3.94. The van der Waals surface area contributed by atoms with Gasteiger partial charge >= 0.3 is 5.97 Å². The van der Waals surface area contributed by atoms with Crippen molar-refractivity contribution in [3.8, 4) is 0 Å². The number of esters is 1. The lowest BCUT2D eigenvalue weighted by atomic mass is 9.99. The second-order valence-corrected chi connectivity index (χ2v) is 5.09. The molecule has 2 atom stereocenters. The summed E-state index contributed by atoms with van der Waals surface area (Å²) in [6.07, 6.45) is 8.19. The van der Waals surface area contributed by atoms with Crippen LogP contribution >= 0.6 is 0 Å². The van der Waals surface area contributed by atoms with Gasteiger partial charge in [0.15, 0.2) is 0 Å². The first-order valence-electron chi connectivity index (χ1n) is 6.74. The number of likely N-dealkylation sites (tertiary alicyclic amines) is 1. The second kappa shape index (κ2) is 5.10. The summed E-state index contributed by atoms with van der Waals surface area (Å²) in [6.45, 7) is 2.46. The van der Waals surface area contributed by atoms with Crippen LogP contribution in [0.1, 0.15) is 25.7 Å². The molecule has 2 unspecified atom stereocenters. The maximum Gasteiger partial charge on any atom is 0.323 e. The van der Waals surface area contributed by atoms with Crippen molar-refractivity contribution < 1.29 is 9.53 Å². The van der Waals surface area contributed by atoms with E-state index in [1.54, 1.807) is 6.20 Å². The monoisotopic (exact) mass is 249 g/mol. The van der Waals surface area contributed by atoms with Gasteiger partial charge in [-0.2, -0.15) is 5.10 Å². The van der Waals surface area contributed by atoms with Crippen molar-refractivity contribution in [2.75, 3.05) is 13.2 Å². The van der Waals surface area contributed by atoms with Crippen LogP contribution in [-0.4, -0.2) is 45.9 Å². The molecule has 0 bridgehead atoms. The van der Waals surface area contributed by atoms with E-state index in [1.807, 2.05) is 16.9 Å². The van der Waals surface area contributed by atoms with Gasteiger partial charge in [0.1, 0.15) is 6.04 Å². The van der Waals surface area contributed by atoms with E-state index in [0.29, 0.717) is 12.6 Å². The van der Waals surface area contributed by atoms with E-state index in [0.717, 1.165) is 25.9 Å². The van der Waals surface area contributed by atoms with Crippen molar-refractivity contribution in [3.63, 3.8) is 0 Å². The fourth-order valence-corrected chi connectivity index (χ4v) is 3.04. The average molecular weight is 249 g/mol. The number of aromatic nitrogens is 2. The molecule has 0 spiro atoms. The first kappa shape index (κ1) is 11.7. The Balaban J connectivity index is 1.71. The van der Waals surface area contributed by atoms with E-state index in [9.17, 15) is 4.79 Å². The molecule has 5 nitrogen and oxygen atoms in total. The smallest absolute Gasteiger partial charge is 0.323 e. The maximum absolute atomic E-state index is 11.7. The number of hydrogen-bond donors (Lipinski definition) is 0. The van der Waals surface area contributed by atoms with Gasteiger partial charge in [0.2, 0.25) is 0 Å². The molecule has 2 fully saturated rings. The number of carbonyl (C=O) groups excluding carboxylic acids is 1. The number of piperidine rings is 1. The van der Waals surface area contributed by atoms with Crippen LogP contribution in [0.2, 0.25) is 0 Å². The summed E-state index contributed by atoms with van der Waals surface area (Å²) in [5.41, 5.74) is 0. The fourth-order valence-electron chi connectivity index (χ4n) is 3.04. The topological polar surface area (TPSA) is 47.4 Å². The van der Waals surface area contributed by atoms with Gasteiger partial charge in [-0.3, -0.25) is 14.4 Å². The molecule has 0 amide bonds. The van der Waals surface area contributed by atoms with Gasteiger partial charge in [-0.25, -0.2) is 0 Å². The van der Waals surface area contributed by atoms with E-state index < -0.39 is 0 Å². The zero-order chi connectivity index (χ0) is 12.4. The molecule has 98 valence electrons. The van der Waals surface area contributed by atoms with Gasteiger partial charge in [0.05, 0.1) is 13.2 Å². The molecule has 0 N–H and O–H groups in total. The van der Waals surface area contributed by atoms with Crippen LogP contribution in [0.4, 0.5) is 0 Å². The van der Waals surface area contributed by atoms with Crippen LogP contribution in [0.25, 0.3) is 0 Å². The fraction of sp³-hybridized carbons (Fsp3) is 0.692. The van der Waals surface area contributed by atoms with E-state index in [-0.39, 0.29) is 12.0 Å². The van der Waals surface area contributed by atoms with Crippen molar-refractivity contribution in [1.29, 1.82) is 0 Å². The van der Waals surface area contributed by atoms with E-state index in [1.165, 1.54) is 12.8 Å². The summed E-state index contributed by atoms with van der Waals surface area (Å²) in [5, 5.41) is 4.26. The third-order valence-electron chi connectivity index (χ3n) is 3.94. The third kappa shape index (κ3) is 2.27. The highest BCUT2D eigenvalue weighted by Gasteiger charge is 2.37. The second-order valence-electron chi connectivity index (χ2n) is 5.09. The number of hydrogen-bond acceptors (Lipinski definition) is 4. The number of rotatable bonds is 3. The normalized spacial score (nSPS) is 29.4. The Bertz CT molecular complexity index is 404. The Labute approximate surface area is 107 Å². The summed E-state index contributed by atoms with van der Waals surface area (Å²) in [7, 11) is 0. The molecule has 3 rings (SSSR count). The van der Waals surface area contributed by atoms with Crippen molar-refractivity contribution in [2.45, 2.75) is 44.3 Å². The summed E-state index contributed by atoms with van der Waals surface area (Å²) < 4.78 is 7.06. The SMILES string of the molecule is O=C1OCCC1N1CCCCC1Cn1cccn1. The molecule has 2 saturated heterocycles. The number of carbonyl (C=O) groups is 1. The lowest BCUT2D eigenvalue weighted by Crippen LogP contribution is -2.49. The van der Waals surface area contributed by atoms with Crippen molar-refractivity contribution in [1.82, 2.24) is 14.7 Å². The molecule has 1 aromatic heterocycles. The predicted molar refractivity (Wildman–Crippen MR) is 65.9 cm³/mol. The Morgan fingerprint density at radius 1 is 1.39 bits per heavy atom. The standard InChI is InChI=1S/C13H19N3O2/c17-13-12(5-9-18-13)16-8-2-1-4-11(16)10-15-7-3-6-14-15/h3,6-7,11-12H,1-2,4-5,8-10H2. The Hall–Kier alpha value is -1.36. The van der Waals surface area contributed by atoms with E-state index >= 15 is 0 Å². The van der Waals surface area contributed by atoms with Crippen LogP contribution in [-0.2, 0) is 16.1 Å². The van der Waals surface area contributed by atoms with E-state index in [4.69, 9.17) is 4.74 Å². The van der Waals surface area contributed by atoms with Crippen LogP contribution in [0.3, 0.4) is 0 Å².